The zero-order valence-corrected chi connectivity index (χ0v) is 10.5. The van der Waals surface area contributed by atoms with E-state index in [0.29, 0.717) is 11.3 Å². The molecule has 6 heteroatoms. The predicted molar refractivity (Wildman–Crippen MR) is 73.4 cm³/mol. The number of thiocarbonyl (C=S) groups is 1. The number of benzene rings is 1. The Balaban J connectivity index is 2.44. The molecule has 0 bridgehead atoms. The van der Waals surface area contributed by atoms with Crippen molar-refractivity contribution < 1.29 is 0 Å². The lowest BCUT2D eigenvalue weighted by molar-refractivity contribution is 1.05. The summed E-state index contributed by atoms with van der Waals surface area (Å²) in [7, 11) is 0. The highest BCUT2D eigenvalue weighted by Gasteiger charge is 2.06. The van der Waals surface area contributed by atoms with Crippen molar-refractivity contribution in [3.05, 3.63) is 42.0 Å². The Bertz CT molecular complexity index is 638. The first kappa shape index (κ1) is 12.1. The summed E-state index contributed by atoms with van der Waals surface area (Å²) in [6, 6.07) is 7.47. The first-order valence-corrected chi connectivity index (χ1v) is 5.62. The number of hydrogen-bond donors (Lipinski definition) is 2. The first-order chi connectivity index (χ1) is 8.60. The predicted octanol–water partition coefficient (Wildman–Crippen LogP) is 1.71. The number of nitrogens with zero attached hydrogens (tertiary/aromatic N) is 3. The molecule has 2 rings (SSSR count). The van der Waals surface area contributed by atoms with E-state index in [9.17, 15) is 0 Å². The summed E-state index contributed by atoms with van der Waals surface area (Å²) < 4.78 is 1.80. The minimum absolute atomic E-state index is 0.171. The van der Waals surface area contributed by atoms with E-state index >= 15 is 0 Å². The number of nitrogens with two attached hydrogens (primary N) is 1. The van der Waals surface area contributed by atoms with E-state index in [0.717, 1.165) is 11.4 Å². The van der Waals surface area contributed by atoms with E-state index in [1.165, 1.54) is 0 Å². The third-order valence-corrected chi connectivity index (χ3v) is 2.48. The van der Waals surface area contributed by atoms with Crippen molar-refractivity contribution in [2.75, 3.05) is 5.32 Å². The fraction of sp³-hybridized carbons (Fsp3) is 0.0833. The smallest absolute Gasteiger partial charge is 0.168 e. The molecule has 0 saturated heterocycles. The van der Waals surface area contributed by atoms with Gasteiger partial charge in [-0.1, -0.05) is 0 Å². The van der Waals surface area contributed by atoms with Gasteiger partial charge in [-0.2, -0.15) is 5.26 Å². The molecule has 2 aromatic rings. The second kappa shape index (κ2) is 4.85. The Hall–Kier alpha value is -2.39. The highest BCUT2D eigenvalue weighted by atomic mass is 32.1. The molecule has 0 aliphatic heterocycles. The van der Waals surface area contributed by atoms with Crippen molar-refractivity contribution in [1.29, 1.82) is 5.26 Å². The van der Waals surface area contributed by atoms with Crippen LogP contribution >= 0.6 is 12.2 Å². The Labute approximate surface area is 110 Å². The maximum atomic E-state index is 9.17. The fourth-order valence-electron chi connectivity index (χ4n) is 1.62. The van der Waals surface area contributed by atoms with Gasteiger partial charge in [-0.05, 0) is 37.3 Å². The molecule has 0 atom stereocenters. The fourth-order valence-corrected chi connectivity index (χ4v) is 1.74. The molecule has 0 unspecified atom stereocenters. The third-order valence-electron chi connectivity index (χ3n) is 2.37. The number of anilines is 1. The molecule has 0 aliphatic carbocycles. The van der Waals surface area contributed by atoms with Crippen LogP contribution in [0, 0.1) is 18.3 Å². The van der Waals surface area contributed by atoms with Crippen molar-refractivity contribution in [3.8, 4) is 11.8 Å². The van der Waals surface area contributed by atoms with E-state index in [1.807, 2.05) is 25.3 Å². The summed E-state index contributed by atoms with van der Waals surface area (Å²) in [5.41, 5.74) is 8.27. The second-order valence-electron chi connectivity index (χ2n) is 3.76. The lowest BCUT2D eigenvalue weighted by atomic mass is 10.1. The normalized spacial score (nSPS) is 9.78. The topological polar surface area (TPSA) is 79.7 Å². The molecular weight excluding hydrogens is 246 g/mol. The molecule has 0 saturated carbocycles. The number of rotatable bonds is 2. The summed E-state index contributed by atoms with van der Waals surface area (Å²) >= 11 is 4.76. The maximum absolute atomic E-state index is 9.17. The summed E-state index contributed by atoms with van der Waals surface area (Å²) in [6.45, 7) is 1.89. The molecule has 3 N–H and O–H groups in total. The van der Waals surface area contributed by atoms with Crippen molar-refractivity contribution >= 4 is 23.0 Å². The van der Waals surface area contributed by atoms with Crippen LogP contribution in [0.5, 0.6) is 0 Å². The van der Waals surface area contributed by atoms with Crippen LogP contribution < -0.4 is 11.1 Å². The van der Waals surface area contributed by atoms with Crippen LogP contribution in [0.2, 0.25) is 0 Å². The standard InChI is InChI=1S/C12H11N5S/c1-8-6-17(7-15-8)11-3-2-10(16-12(14)18)4-9(11)5-13/h2-4,6-7H,1H3,(H3,14,16,18). The number of aromatic nitrogens is 2. The Morgan fingerprint density at radius 1 is 1.56 bits per heavy atom. The molecule has 0 amide bonds. The van der Waals surface area contributed by atoms with E-state index in [4.69, 9.17) is 23.2 Å². The van der Waals surface area contributed by atoms with Crippen LogP contribution in [0.25, 0.3) is 5.69 Å². The average Bonchev–Trinajstić information content (AvgIpc) is 2.74. The molecule has 90 valence electrons. The van der Waals surface area contributed by atoms with Crippen LogP contribution in [0.4, 0.5) is 5.69 Å². The van der Waals surface area contributed by atoms with Gasteiger partial charge >= 0.3 is 0 Å². The molecule has 0 radical (unpaired) electrons. The van der Waals surface area contributed by atoms with E-state index < -0.39 is 0 Å². The van der Waals surface area contributed by atoms with Gasteiger partial charge in [0.2, 0.25) is 0 Å². The van der Waals surface area contributed by atoms with Gasteiger partial charge in [-0.25, -0.2) is 4.98 Å². The number of nitriles is 1. The van der Waals surface area contributed by atoms with Crippen LogP contribution in [-0.4, -0.2) is 14.7 Å². The summed E-state index contributed by atoms with van der Waals surface area (Å²) in [5, 5.41) is 12.1. The third kappa shape index (κ3) is 2.47. The van der Waals surface area contributed by atoms with Crippen LogP contribution in [-0.2, 0) is 0 Å². The lowest BCUT2D eigenvalue weighted by Crippen LogP contribution is -2.18. The lowest BCUT2D eigenvalue weighted by Gasteiger charge is -2.08. The molecule has 0 aliphatic rings. The van der Waals surface area contributed by atoms with Crippen molar-refractivity contribution in [1.82, 2.24) is 9.55 Å². The van der Waals surface area contributed by atoms with Gasteiger partial charge < -0.3 is 15.6 Å². The van der Waals surface area contributed by atoms with Gasteiger partial charge in [0.25, 0.3) is 0 Å². The second-order valence-corrected chi connectivity index (χ2v) is 4.20. The molecule has 18 heavy (non-hydrogen) atoms. The molecule has 1 heterocycles. The molecule has 0 fully saturated rings. The Kier molecular flexibility index (Phi) is 3.26. The summed E-state index contributed by atoms with van der Waals surface area (Å²) in [6.07, 6.45) is 3.53. The molecule has 1 aromatic heterocycles. The highest BCUT2D eigenvalue weighted by Crippen LogP contribution is 2.19. The largest absolute Gasteiger partial charge is 0.376 e. The number of imidazole rings is 1. The SMILES string of the molecule is Cc1cn(-c2ccc(NC(N)=S)cc2C#N)cn1. The minimum atomic E-state index is 0.171. The minimum Gasteiger partial charge on any atom is -0.376 e. The van der Waals surface area contributed by atoms with Crippen molar-refractivity contribution in [2.24, 2.45) is 5.73 Å². The summed E-state index contributed by atoms with van der Waals surface area (Å²) in [5.74, 6) is 0. The molecule has 1 aromatic carbocycles. The summed E-state index contributed by atoms with van der Waals surface area (Å²) in [4.78, 5) is 4.14. The van der Waals surface area contributed by atoms with Crippen molar-refractivity contribution in [3.63, 3.8) is 0 Å². The maximum Gasteiger partial charge on any atom is 0.168 e. The first-order valence-electron chi connectivity index (χ1n) is 5.21. The van der Waals surface area contributed by atoms with Gasteiger partial charge in [-0.3, -0.25) is 0 Å². The quantitative estimate of drug-likeness (QED) is 0.801. The average molecular weight is 257 g/mol. The molecular formula is C12H11N5S. The van der Waals surface area contributed by atoms with Crippen LogP contribution in [0.15, 0.2) is 30.7 Å². The van der Waals surface area contributed by atoms with Gasteiger partial charge in [0.15, 0.2) is 5.11 Å². The van der Waals surface area contributed by atoms with Crippen LogP contribution in [0.3, 0.4) is 0 Å². The van der Waals surface area contributed by atoms with Crippen LogP contribution in [0.1, 0.15) is 11.3 Å². The van der Waals surface area contributed by atoms with E-state index in [1.54, 1.807) is 17.0 Å². The number of nitrogens with one attached hydrogen (secondary N) is 1. The van der Waals surface area contributed by atoms with E-state index in [-0.39, 0.29) is 5.11 Å². The van der Waals surface area contributed by atoms with Gasteiger partial charge in [0.1, 0.15) is 6.07 Å². The zero-order chi connectivity index (χ0) is 13.1. The van der Waals surface area contributed by atoms with Gasteiger partial charge in [0, 0.05) is 11.9 Å². The highest BCUT2D eigenvalue weighted by molar-refractivity contribution is 7.80. The van der Waals surface area contributed by atoms with E-state index in [2.05, 4.69) is 16.4 Å². The van der Waals surface area contributed by atoms with Gasteiger partial charge in [0.05, 0.1) is 23.3 Å². The Morgan fingerprint density at radius 2 is 2.33 bits per heavy atom. The number of aryl methyl sites for hydroxylation is 1. The van der Waals surface area contributed by atoms with Crippen molar-refractivity contribution in [2.45, 2.75) is 6.92 Å². The zero-order valence-electron chi connectivity index (χ0n) is 9.71. The van der Waals surface area contributed by atoms with Gasteiger partial charge in [-0.15, -0.1) is 0 Å². The molecule has 0 spiro atoms. The number of hydrogen-bond acceptors (Lipinski definition) is 3. The molecule has 5 nitrogen and oxygen atoms in total. The monoisotopic (exact) mass is 257 g/mol. The Morgan fingerprint density at radius 3 is 2.89 bits per heavy atom.